The summed E-state index contributed by atoms with van der Waals surface area (Å²) in [7, 11) is 0. The molecule has 2 aromatic carbocycles. The fraction of sp³-hybridized carbons (Fsp3) is 0.304. The lowest BCUT2D eigenvalue weighted by Gasteiger charge is -2.43. The molecule has 3 nitrogen and oxygen atoms in total. The first-order valence-corrected chi connectivity index (χ1v) is 9.36. The Balaban J connectivity index is 1.91. The van der Waals surface area contributed by atoms with Gasteiger partial charge in [0.05, 0.1) is 5.69 Å². The molecule has 0 radical (unpaired) electrons. The highest BCUT2D eigenvalue weighted by molar-refractivity contribution is 6.07. The second kappa shape index (κ2) is 6.66. The van der Waals surface area contributed by atoms with E-state index in [-0.39, 0.29) is 35.0 Å². The molecule has 0 saturated carbocycles. The number of carbonyl (C=O) groups excluding carboxylic acids is 2. The van der Waals surface area contributed by atoms with Crippen LogP contribution in [0, 0.1) is 17.0 Å². The highest BCUT2D eigenvalue weighted by Crippen LogP contribution is 2.48. The fourth-order valence-corrected chi connectivity index (χ4v) is 4.31. The lowest BCUT2D eigenvalue weighted by atomic mass is 9.69. The number of rotatable bonds is 2. The van der Waals surface area contributed by atoms with Gasteiger partial charge in [0.15, 0.2) is 5.78 Å². The Morgan fingerprint density at radius 1 is 0.964 bits per heavy atom. The molecule has 4 rings (SSSR count). The quantitative estimate of drug-likeness (QED) is 0.723. The van der Waals surface area contributed by atoms with Gasteiger partial charge in [-0.1, -0.05) is 38.1 Å². The van der Waals surface area contributed by atoms with Gasteiger partial charge in [-0.3, -0.25) is 14.5 Å². The van der Waals surface area contributed by atoms with Gasteiger partial charge in [-0.05, 0) is 41.7 Å². The molecule has 2 aliphatic rings. The predicted molar refractivity (Wildman–Crippen MR) is 103 cm³/mol. The second-order valence-corrected chi connectivity index (χ2v) is 8.29. The molecule has 1 unspecified atom stereocenters. The Morgan fingerprint density at radius 2 is 1.64 bits per heavy atom. The molecule has 0 spiro atoms. The predicted octanol–water partition coefficient (Wildman–Crippen LogP) is 5.13. The molecular formula is C23H21F2NO2. The van der Waals surface area contributed by atoms with Gasteiger partial charge in [0, 0.05) is 30.0 Å². The zero-order valence-corrected chi connectivity index (χ0v) is 15.8. The Bertz CT molecular complexity index is 992. The number of amides is 1. The van der Waals surface area contributed by atoms with E-state index < -0.39 is 11.7 Å². The van der Waals surface area contributed by atoms with Gasteiger partial charge >= 0.3 is 0 Å². The lowest BCUT2D eigenvalue weighted by molar-refractivity contribution is -0.121. The molecule has 2 aromatic rings. The van der Waals surface area contributed by atoms with Crippen LogP contribution in [0.5, 0.6) is 0 Å². The van der Waals surface area contributed by atoms with Crippen LogP contribution in [0.25, 0.3) is 0 Å². The second-order valence-electron chi connectivity index (χ2n) is 8.29. The Morgan fingerprint density at radius 3 is 2.32 bits per heavy atom. The first-order chi connectivity index (χ1) is 13.3. The smallest absolute Gasteiger partial charge is 0.232 e. The summed E-state index contributed by atoms with van der Waals surface area (Å²) < 4.78 is 27.9. The van der Waals surface area contributed by atoms with Gasteiger partial charge < -0.3 is 0 Å². The van der Waals surface area contributed by atoms with Crippen molar-refractivity contribution in [2.75, 3.05) is 4.90 Å². The van der Waals surface area contributed by atoms with Crippen molar-refractivity contribution in [1.29, 1.82) is 0 Å². The van der Waals surface area contributed by atoms with Gasteiger partial charge in [-0.15, -0.1) is 0 Å². The summed E-state index contributed by atoms with van der Waals surface area (Å²) in [4.78, 5) is 27.6. The van der Waals surface area contributed by atoms with Gasteiger partial charge in [0.2, 0.25) is 5.91 Å². The van der Waals surface area contributed by atoms with E-state index in [1.807, 2.05) is 13.8 Å². The van der Waals surface area contributed by atoms with E-state index in [9.17, 15) is 18.4 Å². The Labute approximate surface area is 162 Å². The number of anilines is 1. The van der Waals surface area contributed by atoms with Crippen LogP contribution < -0.4 is 4.90 Å². The van der Waals surface area contributed by atoms with E-state index in [1.165, 1.54) is 23.1 Å². The molecule has 1 atom stereocenters. The van der Waals surface area contributed by atoms with Crippen LogP contribution in [0.4, 0.5) is 14.5 Å². The number of hydrogen-bond donors (Lipinski definition) is 0. The zero-order chi connectivity index (χ0) is 20.1. The van der Waals surface area contributed by atoms with E-state index >= 15 is 0 Å². The number of carbonyl (C=O) groups is 2. The minimum absolute atomic E-state index is 0.0329. The van der Waals surface area contributed by atoms with Crippen LogP contribution in [0.15, 0.2) is 59.8 Å². The highest BCUT2D eigenvalue weighted by atomic mass is 19.1. The standard InChI is InChI=1S/C23H21F2NO2/c1-23(2)12-19-22(20(27)13-23)16(14-7-9-15(24)10-8-14)11-21(28)26(19)18-6-4-3-5-17(18)25/h3-10,16H,11-13H2,1-2H3. The van der Waals surface area contributed by atoms with Crippen LogP contribution in [0.1, 0.15) is 44.6 Å². The molecule has 1 amide bonds. The number of allylic oxidation sites excluding steroid dienone is 2. The molecular weight excluding hydrogens is 360 g/mol. The van der Waals surface area contributed by atoms with E-state index in [2.05, 4.69) is 0 Å². The summed E-state index contributed by atoms with van der Waals surface area (Å²) in [5.74, 6) is -1.60. The molecule has 0 bridgehead atoms. The zero-order valence-electron chi connectivity index (χ0n) is 15.8. The molecule has 1 aliphatic carbocycles. The number of halogens is 2. The normalized spacial score (nSPS) is 21.7. The van der Waals surface area contributed by atoms with Crippen LogP contribution in [-0.2, 0) is 9.59 Å². The maximum absolute atomic E-state index is 14.5. The minimum Gasteiger partial charge on any atom is -0.294 e. The molecule has 0 fully saturated rings. The molecule has 5 heteroatoms. The average Bonchev–Trinajstić information content (AvgIpc) is 2.62. The first-order valence-electron chi connectivity index (χ1n) is 9.36. The van der Waals surface area contributed by atoms with Crippen molar-refractivity contribution < 1.29 is 18.4 Å². The van der Waals surface area contributed by atoms with Crippen molar-refractivity contribution in [3.05, 3.63) is 77.0 Å². The van der Waals surface area contributed by atoms with Crippen LogP contribution in [-0.4, -0.2) is 11.7 Å². The van der Waals surface area contributed by atoms with Crippen LogP contribution in [0.2, 0.25) is 0 Å². The summed E-state index contributed by atoms with van der Waals surface area (Å²) in [5.41, 5.74) is 1.68. The minimum atomic E-state index is -0.501. The number of hydrogen-bond acceptors (Lipinski definition) is 2. The average molecular weight is 381 g/mol. The van der Waals surface area contributed by atoms with Gasteiger partial charge in [0.25, 0.3) is 0 Å². The summed E-state index contributed by atoms with van der Waals surface area (Å²) in [6.07, 6.45) is 0.902. The van der Waals surface area contributed by atoms with E-state index in [0.29, 0.717) is 24.1 Å². The summed E-state index contributed by atoms with van der Waals surface area (Å²) in [6, 6.07) is 12.0. The number of ketones is 1. The molecule has 1 heterocycles. The van der Waals surface area contributed by atoms with Gasteiger partial charge in [0.1, 0.15) is 11.6 Å². The van der Waals surface area contributed by atoms with Crippen molar-refractivity contribution in [2.45, 2.75) is 39.0 Å². The van der Waals surface area contributed by atoms with E-state index in [0.717, 1.165) is 5.56 Å². The maximum Gasteiger partial charge on any atom is 0.232 e. The number of benzene rings is 2. The third kappa shape index (κ3) is 3.15. The first kappa shape index (κ1) is 18.5. The number of Topliss-reactive ketones (excluding diaryl/α,β-unsaturated/α-hetero) is 1. The Hall–Kier alpha value is -2.82. The van der Waals surface area contributed by atoms with E-state index in [4.69, 9.17) is 0 Å². The molecule has 0 saturated heterocycles. The van der Waals surface area contributed by atoms with Crippen molar-refractivity contribution in [3.63, 3.8) is 0 Å². The summed E-state index contributed by atoms with van der Waals surface area (Å²) in [6.45, 7) is 3.94. The van der Waals surface area contributed by atoms with Crippen molar-refractivity contribution in [3.8, 4) is 0 Å². The SMILES string of the molecule is CC1(C)CC(=O)C2=C(C1)N(c1ccccc1F)C(=O)CC2c1ccc(F)cc1. The molecule has 28 heavy (non-hydrogen) atoms. The molecule has 1 aliphatic heterocycles. The van der Waals surface area contributed by atoms with Gasteiger partial charge in [-0.2, -0.15) is 0 Å². The topological polar surface area (TPSA) is 37.4 Å². The van der Waals surface area contributed by atoms with E-state index in [1.54, 1.807) is 30.3 Å². The summed E-state index contributed by atoms with van der Waals surface area (Å²) >= 11 is 0. The highest BCUT2D eigenvalue weighted by Gasteiger charge is 2.44. The number of para-hydroxylation sites is 1. The third-order valence-corrected chi connectivity index (χ3v) is 5.51. The van der Waals surface area contributed by atoms with Crippen LogP contribution in [0.3, 0.4) is 0 Å². The molecule has 144 valence electrons. The monoisotopic (exact) mass is 381 g/mol. The van der Waals surface area contributed by atoms with Crippen molar-refractivity contribution in [2.24, 2.45) is 5.41 Å². The van der Waals surface area contributed by atoms with Crippen molar-refractivity contribution in [1.82, 2.24) is 0 Å². The van der Waals surface area contributed by atoms with Crippen LogP contribution >= 0.6 is 0 Å². The lowest BCUT2D eigenvalue weighted by Crippen LogP contribution is -2.44. The molecule has 0 N–H and O–H groups in total. The summed E-state index contributed by atoms with van der Waals surface area (Å²) in [5, 5.41) is 0. The van der Waals surface area contributed by atoms with Crippen molar-refractivity contribution >= 4 is 17.4 Å². The molecule has 0 aromatic heterocycles. The third-order valence-electron chi connectivity index (χ3n) is 5.51. The number of nitrogens with zero attached hydrogens (tertiary/aromatic N) is 1. The van der Waals surface area contributed by atoms with Gasteiger partial charge in [-0.25, -0.2) is 8.78 Å². The largest absolute Gasteiger partial charge is 0.294 e. The fourth-order valence-electron chi connectivity index (χ4n) is 4.31. The Kier molecular flexibility index (Phi) is 4.41. The maximum atomic E-state index is 14.5.